The second kappa shape index (κ2) is 10.9. The summed E-state index contributed by atoms with van der Waals surface area (Å²) in [5.74, 6) is 1.58. The van der Waals surface area contributed by atoms with Crippen LogP contribution in [0.2, 0.25) is 0 Å². The molecule has 2 aromatic rings. The third-order valence-electron chi connectivity index (χ3n) is 9.67. The van der Waals surface area contributed by atoms with Gasteiger partial charge in [-0.05, 0) is 82.9 Å². The zero-order chi connectivity index (χ0) is 28.1. The Morgan fingerprint density at radius 3 is 2.70 bits per heavy atom. The molecule has 10 nitrogen and oxygen atoms in total. The van der Waals surface area contributed by atoms with Crippen LogP contribution >= 0.6 is 0 Å². The highest BCUT2D eigenvalue weighted by Crippen LogP contribution is 2.43. The smallest absolute Gasteiger partial charge is 0.213 e. The fourth-order valence-electron chi connectivity index (χ4n) is 7.59. The highest BCUT2D eigenvalue weighted by molar-refractivity contribution is 7.89. The van der Waals surface area contributed by atoms with E-state index in [1.54, 1.807) is 11.2 Å². The average molecular weight is 570 g/mol. The Morgan fingerprint density at radius 1 is 1.15 bits per heavy atom. The molecule has 3 aliphatic heterocycles. The minimum Gasteiger partial charge on any atom is -0.370 e. The third-order valence-corrected chi connectivity index (χ3v) is 11.5. The fraction of sp³-hybridized carbons (Fsp3) is 0.690. The Morgan fingerprint density at radius 2 is 1.98 bits per heavy atom. The molecule has 2 N–H and O–H groups in total. The van der Waals surface area contributed by atoms with Crippen molar-refractivity contribution in [1.82, 2.24) is 30.3 Å². The van der Waals surface area contributed by atoms with Crippen LogP contribution < -0.4 is 15.8 Å². The van der Waals surface area contributed by atoms with Crippen molar-refractivity contribution in [2.75, 3.05) is 36.8 Å². The van der Waals surface area contributed by atoms with Gasteiger partial charge >= 0.3 is 0 Å². The minimum atomic E-state index is -3.13. The first-order chi connectivity index (χ1) is 19.2. The van der Waals surface area contributed by atoms with Gasteiger partial charge in [0.15, 0.2) is 0 Å². The summed E-state index contributed by atoms with van der Waals surface area (Å²) in [4.78, 5) is 7.14. The number of hydrazine groups is 1. The van der Waals surface area contributed by atoms with Gasteiger partial charge in [0.05, 0.1) is 35.9 Å². The summed E-state index contributed by atoms with van der Waals surface area (Å²) in [5.41, 5.74) is 11.5. The van der Waals surface area contributed by atoms with Crippen molar-refractivity contribution < 1.29 is 13.2 Å². The predicted molar refractivity (Wildman–Crippen MR) is 154 cm³/mol. The van der Waals surface area contributed by atoms with Crippen LogP contribution in [-0.4, -0.2) is 72.0 Å². The van der Waals surface area contributed by atoms with Gasteiger partial charge in [-0.25, -0.2) is 23.1 Å². The molecule has 4 unspecified atom stereocenters. The molecule has 5 atom stereocenters. The van der Waals surface area contributed by atoms with Gasteiger partial charge in [0.1, 0.15) is 5.82 Å². The zero-order valence-corrected chi connectivity index (χ0v) is 25.0. The van der Waals surface area contributed by atoms with Crippen LogP contribution in [0, 0.1) is 25.2 Å². The highest BCUT2D eigenvalue weighted by atomic mass is 32.2. The number of piperidine rings is 1. The van der Waals surface area contributed by atoms with Gasteiger partial charge in [0.25, 0.3) is 0 Å². The lowest BCUT2D eigenvalue weighted by molar-refractivity contribution is -0.0377. The lowest BCUT2D eigenvalue weighted by atomic mass is 9.74. The molecule has 5 heterocycles. The van der Waals surface area contributed by atoms with Gasteiger partial charge < -0.3 is 9.64 Å². The first-order valence-electron chi connectivity index (χ1n) is 14.8. The molecule has 0 radical (unpaired) electrons. The van der Waals surface area contributed by atoms with Crippen LogP contribution in [-0.2, 0) is 14.8 Å². The van der Waals surface area contributed by atoms with Crippen molar-refractivity contribution in [2.24, 2.45) is 11.3 Å². The Bertz CT molecular complexity index is 1300. The topological polar surface area (TPSA) is 113 Å². The van der Waals surface area contributed by atoms with Gasteiger partial charge in [-0.2, -0.15) is 10.2 Å². The monoisotopic (exact) mass is 569 g/mol. The SMILES string of the molecule is CCS(=O)(=O)N1CCCC2(CN(c3ccc(C4NNC5CCC(O[C@H](C)c6c(C)cnnc6C)CC54)cn3)C2)C1. The summed E-state index contributed by atoms with van der Waals surface area (Å²) in [5, 5.41) is 8.31. The van der Waals surface area contributed by atoms with E-state index >= 15 is 0 Å². The minimum absolute atomic E-state index is 0.0167. The molecule has 0 bridgehead atoms. The van der Waals surface area contributed by atoms with E-state index in [-0.39, 0.29) is 29.4 Å². The summed E-state index contributed by atoms with van der Waals surface area (Å²) >= 11 is 0. The van der Waals surface area contributed by atoms with Crippen molar-refractivity contribution in [3.05, 3.63) is 46.9 Å². The molecule has 1 saturated carbocycles. The van der Waals surface area contributed by atoms with Gasteiger partial charge in [0.2, 0.25) is 10.0 Å². The molecule has 0 amide bonds. The number of aryl methyl sites for hydroxylation is 2. The zero-order valence-electron chi connectivity index (χ0n) is 24.1. The van der Waals surface area contributed by atoms with Gasteiger partial charge in [-0.1, -0.05) is 6.07 Å². The number of anilines is 1. The number of hydrogen-bond donors (Lipinski definition) is 2. The number of pyridine rings is 1. The van der Waals surface area contributed by atoms with Crippen molar-refractivity contribution in [3.63, 3.8) is 0 Å². The van der Waals surface area contributed by atoms with Gasteiger partial charge in [-0.3, -0.25) is 5.43 Å². The maximum absolute atomic E-state index is 12.4. The lowest BCUT2D eigenvalue weighted by Gasteiger charge is -2.54. The number of ether oxygens (including phenoxy) is 1. The van der Waals surface area contributed by atoms with Crippen molar-refractivity contribution in [2.45, 2.75) is 84.1 Å². The van der Waals surface area contributed by atoms with E-state index in [0.29, 0.717) is 25.0 Å². The molecule has 1 spiro atoms. The van der Waals surface area contributed by atoms with E-state index in [9.17, 15) is 8.42 Å². The molecule has 218 valence electrons. The lowest BCUT2D eigenvalue weighted by Crippen LogP contribution is -2.64. The summed E-state index contributed by atoms with van der Waals surface area (Å²) in [7, 11) is -3.13. The molecule has 4 fully saturated rings. The van der Waals surface area contributed by atoms with Crippen molar-refractivity contribution >= 4 is 15.8 Å². The van der Waals surface area contributed by atoms with E-state index in [2.05, 4.69) is 51.9 Å². The maximum atomic E-state index is 12.4. The molecule has 11 heteroatoms. The van der Waals surface area contributed by atoms with E-state index in [1.165, 1.54) is 5.56 Å². The van der Waals surface area contributed by atoms with Crippen LogP contribution in [0.15, 0.2) is 24.5 Å². The van der Waals surface area contributed by atoms with E-state index < -0.39 is 10.0 Å². The van der Waals surface area contributed by atoms with Gasteiger partial charge in [-0.15, -0.1) is 0 Å². The third kappa shape index (κ3) is 5.27. The van der Waals surface area contributed by atoms with Gasteiger partial charge in [0, 0.05) is 49.4 Å². The summed E-state index contributed by atoms with van der Waals surface area (Å²) in [6.45, 7) is 11.0. The average Bonchev–Trinajstić information content (AvgIpc) is 3.35. The number of fused-ring (bicyclic) bond motifs is 1. The Hall–Kier alpha value is -2.18. The number of sulfonamides is 1. The molecule has 2 aromatic heterocycles. The molecule has 40 heavy (non-hydrogen) atoms. The van der Waals surface area contributed by atoms with Crippen molar-refractivity contribution in [1.29, 1.82) is 0 Å². The van der Waals surface area contributed by atoms with E-state index in [0.717, 1.165) is 67.8 Å². The predicted octanol–water partition coefficient (Wildman–Crippen LogP) is 3.20. The van der Waals surface area contributed by atoms with Crippen LogP contribution in [0.1, 0.15) is 80.5 Å². The Kier molecular flexibility index (Phi) is 7.62. The molecule has 4 aliphatic rings. The Labute approximate surface area is 238 Å². The molecular weight excluding hydrogens is 526 g/mol. The first-order valence-corrected chi connectivity index (χ1v) is 16.4. The second-order valence-electron chi connectivity index (χ2n) is 12.4. The quantitative estimate of drug-likeness (QED) is 0.519. The number of aromatic nitrogens is 3. The summed E-state index contributed by atoms with van der Waals surface area (Å²) in [6, 6.07) is 4.94. The summed E-state index contributed by atoms with van der Waals surface area (Å²) < 4.78 is 33.2. The largest absolute Gasteiger partial charge is 0.370 e. The Balaban J connectivity index is 1.07. The number of nitrogens with one attached hydrogen (secondary N) is 2. The molecule has 3 saturated heterocycles. The second-order valence-corrected chi connectivity index (χ2v) is 14.7. The standard InChI is InChI=1S/C29H43N7O3S/c1-5-40(37,38)36-12-6-11-29(18-36)16-35(17-29)26-10-7-22(15-30-26)28-24-13-23(8-9-25(24)33-34-28)39-21(4)27-19(2)14-31-32-20(27)3/h7,10,14-15,21,23-25,28,33-34H,5-6,8-9,11-13,16-18H2,1-4H3/t21-,23?,24?,25?,28?/m1/s1. The van der Waals surface area contributed by atoms with E-state index in [1.807, 2.05) is 19.3 Å². The van der Waals surface area contributed by atoms with Crippen LogP contribution in [0.4, 0.5) is 5.82 Å². The van der Waals surface area contributed by atoms with Crippen molar-refractivity contribution in [3.8, 4) is 0 Å². The van der Waals surface area contributed by atoms with Crippen LogP contribution in [0.3, 0.4) is 0 Å². The highest BCUT2D eigenvalue weighted by Gasteiger charge is 2.48. The molecular formula is C29H43N7O3S. The fourth-order valence-corrected chi connectivity index (χ4v) is 8.83. The van der Waals surface area contributed by atoms with Crippen LogP contribution in [0.5, 0.6) is 0 Å². The molecule has 0 aromatic carbocycles. The van der Waals surface area contributed by atoms with Crippen LogP contribution in [0.25, 0.3) is 0 Å². The first kappa shape index (κ1) is 28.0. The summed E-state index contributed by atoms with van der Waals surface area (Å²) in [6.07, 6.45) is 9.13. The molecule has 6 rings (SSSR count). The normalized spacial score (nSPS) is 29.2. The maximum Gasteiger partial charge on any atom is 0.213 e. The molecule has 1 aliphatic carbocycles. The number of nitrogens with zero attached hydrogens (tertiary/aromatic N) is 5. The number of hydrogen-bond acceptors (Lipinski definition) is 9. The van der Waals surface area contributed by atoms with E-state index in [4.69, 9.17) is 9.72 Å². The number of rotatable bonds is 7.